The van der Waals surface area contributed by atoms with E-state index < -0.39 is 9.84 Å². The van der Waals surface area contributed by atoms with Gasteiger partial charge in [-0.05, 0) is 38.1 Å². The van der Waals surface area contributed by atoms with E-state index in [0.717, 1.165) is 28.3 Å². The molecule has 0 aliphatic heterocycles. The fraction of sp³-hybridized carbons (Fsp3) is 0.190. The number of sulfone groups is 1. The number of hydrogen-bond acceptors (Lipinski definition) is 8. The van der Waals surface area contributed by atoms with Gasteiger partial charge in [-0.2, -0.15) is 10.1 Å². The molecule has 2 aromatic heterocycles. The van der Waals surface area contributed by atoms with Gasteiger partial charge in [-0.15, -0.1) is 0 Å². The zero-order chi connectivity index (χ0) is 22.2. The molecule has 0 atom stereocenters. The Morgan fingerprint density at radius 3 is 2.58 bits per heavy atom. The maximum absolute atomic E-state index is 12.0. The van der Waals surface area contributed by atoms with Gasteiger partial charge in [0.15, 0.2) is 15.7 Å². The normalized spacial score (nSPS) is 11.5. The predicted molar refractivity (Wildman–Crippen MR) is 120 cm³/mol. The highest BCUT2D eigenvalue weighted by atomic mass is 32.2. The van der Waals surface area contributed by atoms with Crippen LogP contribution >= 0.6 is 0 Å². The van der Waals surface area contributed by atoms with Crippen molar-refractivity contribution < 1.29 is 13.2 Å². The van der Waals surface area contributed by atoms with Gasteiger partial charge in [-0.1, -0.05) is 11.6 Å². The number of anilines is 4. The van der Waals surface area contributed by atoms with Gasteiger partial charge in [-0.3, -0.25) is 5.10 Å². The topological polar surface area (TPSA) is 122 Å². The lowest BCUT2D eigenvalue weighted by Gasteiger charge is -2.12. The van der Waals surface area contributed by atoms with E-state index >= 15 is 0 Å². The Balaban J connectivity index is 1.66. The highest BCUT2D eigenvalue weighted by Gasteiger charge is 2.13. The van der Waals surface area contributed by atoms with Gasteiger partial charge in [-0.25, -0.2) is 13.4 Å². The highest BCUT2D eigenvalue weighted by molar-refractivity contribution is 7.90. The molecule has 0 saturated carbocycles. The summed E-state index contributed by atoms with van der Waals surface area (Å²) < 4.78 is 29.2. The molecule has 0 bridgehead atoms. The molecule has 3 N–H and O–H groups in total. The number of H-pyrrole nitrogens is 1. The number of fused-ring (bicyclic) bond motifs is 1. The fourth-order valence-corrected chi connectivity index (χ4v) is 3.74. The van der Waals surface area contributed by atoms with Gasteiger partial charge in [0.25, 0.3) is 0 Å². The first-order valence-electron chi connectivity index (χ1n) is 9.44. The third kappa shape index (κ3) is 4.43. The Hall–Kier alpha value is -3.66. The lowest BCUT2D eigenvalue weighted by Crippen LogP contribution is -2.04. The second-order valence-electron chi connectivity index (χ2n) is 7.27. The maximum Gasteiger partial charge on any atom is 0.229 e. The van der Waals surface area contributed by atoms with E-state index in [1.807, 2.05) is 32.0 Å². The zero-order valence-corrected chi connectivity index (χ0v) is 18.3. The minimum Gasteiger partial charge on any atom is -0.497 e. The van der Waals surface area contributed by atoms with Crippen molar-refractivity contribution in [2.45, 2.75) is 18.7 Å². The summed E-state index contributed by atoms with van der Waals surface area (Å²) in [6.07, 6.45) is 2.82. The molecule has 0 aliphatic rings. The van der Waals surface area contributed by atoms with Crippen molar-refractivity contribution in [3.63, 3.8) is 0 Å². The van der Waals surface area contributed by atoms with E-state index in [-0.39, 0.29) is 4.90 Å². The molecule has 4 rings (SSSR count). The molecule has 0 unspecified atom stereocenters. The number of rotatable bonds is 6. The Morgan fingerprint density at radius 2 is 1.84 bits per heavy atom. The summed E-state index contributed by atoms with van der Waals surface area (Å²) in [6.45, 7) is 3.91. The Morgan fingerprint density at radius 1 is 1.03 bits per heavy atom. The molecule has 0 saturated heterocycles. The molecule has 0 fully saturated rings. The van der Waals surface area contributed by atoms with Crippen molar-refractivity contribution in [1.82, 2.24) is 20.2 Å². The zero-order valence-electron chi connectivity index (χ0n) is 17.5. The van der Waals surface area contributed by atoms with Crippen molar-refractivity contribution in [3.05, 3.63) is 53.7 Å². The summed E-state index contributed by atoms with van der Waals surface area (Å²) >= 11 is 0. The monoisotopic (exact) mass is 438 g/mol. The lowest BCUT2D eigenvalue weighted by molar-refractivity contribution is 0.413. The Kier molecular flexibility index (Phi) is 5.24. The minimum absolute atomic E-state index is 0.137. The van der Waals surface area contributed by atoms with E-state index in [1.54, 1.807) is 12.3 Å². The standard InChI is InChI=1S/C21H22N6O3S/c1-12-5-6-18-17(7-12)20(27-26-18)24-19-13(2)11-22-21(25-19)23-14-8-15(30-3)10-16(9-14)31(4,28)29/h5-11H,1-4H3,(H3,22,23,24,25,26,27). The van der Waals surface area contributed by atoms with E-state index in [1.165, 1.54) is 19.2 Å². The van der Waals surface area contributed by atoms with E-state index in [2.05, 4.69) is 30.8 Å². The van der Waals surface area contributed by atoms with Crippen molar-refractivity contribution >= 4 is 44.0 Å². The molecule has 2 heterocycles. The van der Waals surface area contributed by atoms with Gasteiger partial charge in [0.2, 0.25) is 5.95 Å². The van der Waals surface area contributed by atoms with E-state index in [9.17, 15) is 8.42 Å². The molecule has 31 heavy (non-hydrogen) atoms. The first kappa shape index (κ1) is 20.6. The summed E-state index contributed by atoms with van der Waals surface area (Å²) in [5.41, 5.74) is 3.37. The number of ether oxygens (including phenoxy) is 1. The quantitative estimate of drug-likeness (QED) is 0.415. The van der Waals surface area contributed by atoms with Gasteiger partial charge in [0, 0.05) is 35.2 Å². The first-order chi connectivity index (χ1) is 14.7. The summed E-state index contributed by atoms with van der Waals surface area (Å²) in [6, 6.07) is 10.7. The molecule has 0 aliphatic carbocycles. The molecule has 2 aromatic carbocycles. The van der Waals surface area contributed by atoms with Crippen LogP contribution in [0, 0.1) is 13.8 Å². The Bertz CT molecular complexity index is 1380. The molecule has 0 radical (unpaired) electrons. The summed E-state index contributed by atoms with van der Waals surface area (Å²) in [7, 11) is -1.93. The van der Waals surface area contributed by atoms with Crippen molar-refractivity contribution in [2.24, 2.45) is 0 Å². The maximum atomic E-state index is 12.0. The Labute approximate surface area is 179 Å². The van der Waals surface area contributed by atoms with Crippen LogP contribution in [0.3, 0.4) is 0 Å². The molecule has 4 aromatic rings. The number of aryl methyl sites for hydroxylation is 2. The van der Waals surface area contributed by atoms with Crippen LogP contribution in [0.5, 0.6) is 5.75 Å². The number of nitrogens with one attached hydrogen (secondary N) is 3. The molecule has 0 amide bonds. The number of hydrogen-bond donors (Lipinski definition) is 3. The van der Waals surface area contributed by atoms with Crippen LogP contribution in [0.25, 0.3) is 10.9 Å². The van der Waals surface area contributed by atoms with Crippen LogP contribution in [-0.2, 0) is 9.84 Å². The first-order valence-corrected chi connectivity index (χ1v) is 11.3. The number of methoxy groups -OCH3 is 1. The van der Waals surface area contributed by atoms with Gasteiger partial charge in [0.05, 0.1) is 17.5 Å². The molecule has 9 nitrogen and oxygen atoms in total. The fourth-order valence-electron chi connectivity index (χ4n) is 3.07. The molecule has 160 valence electrons. The van der Waals surface area contributed by atoms with Crippen molar-refractivity contribution in [2.75, 3.05) is 24.0 Å². The van der Waals surface area contributed by atoms with Crippen LogP contribution < -0.4 is 15.4 Å². The smallest absolute Gasteiger partial charge is 0.229 e. The largest absolute Gasteiger partial charge is 0.497 e. The SMILES string of the molecule is COc1cc(Nc2ncc(C)c(Nc3n[nH]c4ccc(C)cc34)n2)cc(S(C)(=O)=O)c1. The molecular formula is C21H22N6O3S. The summed E-state index contributed by atoms with van der Waals surface area (Å²) in [5, 5.41) is 14.6. The van der Waals surface area contributed by atoms with Gasteiger partial charge < -0.3 is 15.4 Å². The van der Waals surface area contributed by atoms with Crippen molar-refractivity contribution in [1.29, 1.82) is 0 Å². The van der Waals surface area contributed by atoms with Gasteiger partial charge >= 0.3 is 0 Å². The van der Waals surface area contributed by atoms with E-state index in [0.29, 0.717) is 29.0 Å². The number of benzene rings is 2. The van der Waals surface area contributed by atoms with Crippen LogP contribution in [0.2, 0.25) is 0 Å². The van der Waals surface area contributed by atoms with E-state index in [4.69, 9.17) is 4.74 Å². The number of aromatic amines is 1. The lowest BCUT2D eigenvalue weighted by atomic mass is 10.2. The second-order valence-corrected chi connectivity index (χ2v) is 9.28. The highest BCUT2D eigenvalue weighted by Crippen LogP contribution is 2.28. The van der Waals surface area contributed by atoms with Gasteiger partial charge in [0.1, 0.15) is 11.6 Å². The summed E-state index contributed by atoms with van der Waals surface area (Å²) in [4.78, 5) is 8.99. The average Bonchev–Trinajstić information content (AvgIpc) is 3.11. The predicted octanol–water partition coefficient (Wildman–Crippen LogP) is 3.87. The minimum atomic E-state index is -3.41. The van der Waals surface area contributed by atoms with Crippen LogP contribution in [-0.4, -0.2) is 41.9 Å². The molecule has 0 spiro atoms. The molecule has 10 heteroatoms. The van der Waals surface area contributed by atoms with Crippen LogP contribution in [0.1, 0.15) is 11.1 Å². The average molecular weight is 439 g/mol. The van der Waals surface area contributed by atoms with Crippen LogP contribution in [0.15, 0.2) is 47.5 Å². The second kappa shape index (κ2) is 7.88. The third-order valence-corrected chi connectivity index (χ3v) is 5.82. The number of nitrogens with zero attached hydrogens (tertiary/aromatic N) is 3. The molecular weight excluding hydrogens is 416 g/mol. The number of aromatic nitrogens is 4. The third-order valence-electron chi connectivity index (χ3n) is 4.73. The van der Waals surface area contributed by atoms with Crippen LogP contribution in [0.4, 0.5) is 23.3 Å². The summed E-state index contributed by atoms with van der Waals surface area (Å²) in [5.74, 6) is 1.96. The van der Waals surface area contributed by atoms with Crippen molar-refractivity contribution in [3.8, 4) is 5.75 Å².